The van der Waals surface area contributed by atoms with E-state index in [1.165, 1.54) is 0 Å². The van der Waals surface area contributed by atoms with Crippen molar-refractivity contribution in [3.8, 4) is 0 Å². The molecule has 86 valence electrons. The van der Waals surface area contributed by atoms with E-state index in [2.05, 4.69) is 4.42 Å². The summed E-state index contributed by atoms with van der Waals surface area (Å²) in [7, 11) is 0. The van der Waals surface area contributed by atoms with E-state index in [9.17, 15) is 30.7 Å². The second-order valence-corrected chi connectivity index (χ2v) is 2.66. The molecule has 0 saturated carbocycles. The maximum absolute atomic E-state index is 12.7. The van der Waals surface area contributed by atoms with E-state index in [-0.39, 0.29) is 6.26 Å². The summed E-state index contributed by atoms with van der Waals surface area (Å²) >= 11 is 0. The third kappa shape index (κ3) is 1.68. The van der Waals surface area contributed by atoms with Gasteiger partial charge in [0.25, 0.3) is 0 Å². The first-order valence-corrected chi connectivity index (χ1v) is 3.45. The lowest BCUT2D eigenvalue weighted by atomic mass is 10.1. The molecule has 15 heavy (non-hydrogen) atoms. The molecule has 8 heteroatoms. The Morgan fingerprint density at radius 3 is 1.80 bits per heavy atom. The largest absolute Gasteiger partial charge is 0.472 e. The zero-order valence-electron chi connectivity index (χ0n) is 6.79. The molecule has 1 rings (SSSR count). The Morgan fingerprint density at radius 1 is 0.933 bits per heavy atom. The van der Waals surface area contributed by atoms with Crippen molar-refractivity contribution in [3.63, 3.8) is 0 Å². The van der Waals surface area contributed by atoms with Crippen LogP contribution in [0.1, 0.15) is 5.56 Å². The molecular weight excluding hydrogens is 233 g/mol. The summed E-state index contributed by atoms with van der Waals surface area (Å²) in [4.78, 5) is 0. The van der Waals surface area contributed by atoms with Crippen molar-refractivity contribution in [3.05, 3.63) is 24.2 Å². The molecule has 0 amide bonds. The minimum atomic E-state index is -6.33. The fraction of sp³-hybridized carbons (Fsp3) is 0.429. The van der Waals surface area contributed by atoms with E-state index in [4.69, 9.17) is 0 Å². The molecule has 0 saturated heterocycles. The third-order valence-electron chi connectivity index (χ3n) is 1.63. The van der Waals surface area contributed by atoms with Crippen LogP contribution in [0.25, 0.3) is 0 Å². The van der Waals surface area contributed by atoms with Crippen LogP contribution in [0.2, 0.25) is 0 Å². The lowest BCUT2D eigenvalue weighted by molar-refractivity contribution is -0.359. The molecule has 0 radical (unpaired) electrons. The number of hydrogen-bond acceptors (Lipinski definition) is 1. The normalized spacial score (nSPS) is 14.3. The molecule has 0 N–H and O–H groups in total. The molecule has 0 aliphatic heterocycles. The Bertz CT molecular complexity index is 324. The van der Waals surface area contributed by atoms with Crippen molar-refractivity contribution in [2.45, 2.75) is 18.0 Å². The SMILES string of the molecule is FC(F)(F)C(F)(F)C(F)(F)c1ccoc1. The van der Waals surface area contributed by atoms with E-state index < -0.39 is 23.6 Å². The van der Waals surface area contributed by atoms with Crippen LogP contribution in [0.3, 0.4) is 0 Å². The van der Waals surface area contributed by atoms with E-state index in [1.54, 1.807) is 0 Å². The van der Waals surface area contributed by atoms with Crippen molar-refractivity contribution >= 4 is 0 Å². The van der Waals surface area contributed by atoms with E-state index in [0.717, 1.165) is 0 Å². The molecule has 0 fully saturated rings. The molecule has 0 spiro atoms. The molecule has 0 atom stereocenters. The highest BCUT2D eigenvalue weighted by Gasteiger charge is 2.73. The Hall–Kier alpha value is -1.21. The minimum absolute atomic E-state index is 0.139. The van der Waals surface area contributed by atoms with Gasteiger partial charge in [-0.25, -0.2) is 0 Å². The Kier molecular flexibility index (Phi) is 2.48. The molecule has 1 aromatic heterocycles. The van der Waals surface area contributed by atoms with Crippen LogP contribution in [-0.2, 0) is 5.92 Å². The summed E-state index contributed by atoms with van der Waals surface area (Å²) in [5.74, 6) is -11.5. The van der Waals surface area contributed by atoms with E-state index in [0.29, 0.717) is 12.3 Å². The van der Waals surface area contributed by atoms with Gasteiger partial charge in [-0.3, -0.25) is 0 Å². The Balaban J connectivity index is 3.17. The summed E-state index contributed by atoms with van der Waals surface area (Å²) in [6, 6.07) is 0.347. The molecule has 1 heterocycles. The first kappa shape index (κ1) is 11.9. The maximum atomic E-state index is 12.7. The molecule has 0 aliphatic rings. The van der Waals surface area contributed by atoms with Crippen LogP contribution in [0.15, 0.2) is 23.0 Å². The average molecular weight is 236 g/mol. The number of halogens is 7. The van der Waals surface area contributed by atoms with Gasteiger partial charge in [0.2, 0.25) is 0 Å². The second kappa shape index (κ2) is 3.14. The highest BCUT2D eigenvalue weighted by Crippen LogP contribution is 2.51. The van der Waals surface area contributed by atoms with Gasteiger partial charge in [-0.1, -0.05) is 0 Å². The summed E-state index contributed by atoms with van der Waals surface area (Å²) < 4.78 is 89.2. The number of rotatable bonds is 2. The molecule has 0 unspecified atom stereocenters. The summed E-state index contributed by atoms with van der Waals surface area (Å²) in [5, 5.41) is 0. The van der Waals surface area contributed by atoms with Gasteiger partial charge < -0.3 is 4.42 Å². The maximum Gasteiger partial charge on any atom is 0.460 e. The quantitative estimate of drug-likeness (QED) is 0.715. The minimum Gasteiger partial charge on any atom is -0.472 e. The van der Waals surface area contributed by atoms with Crippen molar-refractivity contribution in [1.82, 2.24) is 0 Å². The van der Waals surface area contributed by atoms with Crippen LogP contribution < -0.4 is 0 Å². The zero-order chi connectivity index (χ0) is 11.9. The smallest absolute Gasteiger partial charge is 0.460 e. The average Bonchev–Trinajstić information content (AvgIpc) is 2.53. The monoisotopic (exact) mass is 236 g/mol. The Labute approximate surface area is 78.5 Å². The van der Waals surface area contributed by atoms with Crippen LogP contribution in [0, 0.1) is 0 Å². The van der Waals surface area contributed by atoms with Crippen LogP contribution in [0.5, 0.6) is 0 Å². The van der Waals surface area contributed by atoms with Gasteiger partial charge in [-0.05, 0) is 6.07 Å². The van der Waals surface area contributed by atoms with Gasteiger partial charge in [0.1, 0.15) is 0 Å². The molecule has 0 aliphatic carbocycles. The summed E-state index contributed by atoms with van der Waals surface area (Å²) in [6.45, 7) is 0. The third-order valence-corrected chi connectivity index (χ3v) is 1.63. The van der Waals surface area contributed by atoms with Gasteiger partial charge >= 0.3 is 18.0 Å². The standard InChI is InChI=1S/C7H3F7O/c8-5(9,4-1-2-15-3-4)6(10,11)7(12,13)14/h1-3H. The summed E-state index contributed by atoms with van der Waals surface area (Å²) in [6.07, 6.45) is -5.61. The molecular formula is C7H3F7O. The fourth-order valence-electron chi connectivity index (χ4n) is 0.802. The number of alkyl halides is 7. The van der Waals surface area contributed by atoms with Gasteiger partial charge in [0, 0.05) is 0 Å². The highest BCUT2D eigenvalue weighted by molar-refractivity contribution is 5.17. The lowest BCUT2D eigenvalue weighted by Gasteiger charge is -2.27. The van der Waals surface area contributed by atoms with Crippen molar-refractivity contribution in [2.24, 2.45) is 0 Å². The second-order valence-electron chi connectivity index (χ2n) is 2.66. The topological polar surface area (TPSA) is 13.1 Å². The molecule has 0 aromatic carbocycles. The van der Waals surface area contributed by atoms with Crippen LogP contribution in [-0.4, -0.2) is 12.1 Å². The predicted molar refractivity (Wildman–Crippen MR) is 33.6 cm³/mol. The fourth-order valence-corrected chi connectivity index (χ4v) is 0.802. The number of hydrogen-bond donors (Lipinski definition) is 0. The van der Waals surface area contributed by atoms with Crippen LogP contribution in [0.4, 0.5) is 30.7 Å². The van der Waals surface area contributed by atoms with Crippen molar-refractivity contribution < 1.29 is 35.2 Å². The first-order chi connectivity index (χ1) is 6.61. The van der Waals surface area contributed by atoms with Gasteiger partial charge in [0.15, 0.2) is 0 Å². The first-order valence-electron chi connectivity index (χ1n) is 3.45. The van der Waals surface area contributed by atoms with E-state index >= 15 is 0 Å². The lowest BCUT2D eigenvalue weighted by Crippen LogP contribution is -2.49. The van der Waals surface area contributed by atoms with Crippen molar-refractivity contribution in [1.29, 1.82) is 0 Å². The molecule has 0 bridgehead atoms. The highest BCUT2D eigenvalue weighted by atomic mass is 19.4. The molecule has 1 nitrogen and oxygen atoms in total. The van der Waals surface area contributed by atoms with Gasteiger partial charge in [-0.15, -0.1) is 0 Å². The van der Waals surface area contributed by atoms with Crippen molar-refractivity contribution in [2.75, 3.05) is 0 Å². The predicted octanol–water partition coefficient (Wildman–Crippen LogP) is 3.57. The van der Waals surface area contributed by atoms with E-state index in [1.807, 2.05) is 0 Å². The zero-order valence-corrected chi connectivity index (χ0v) is 6.79. The van der Waals surface area contributed by atoms with Gasteiger partial charge in [-0.2, -0.15) is 30.7 Å². The summed E-state index contributed by atoms with van der Waals surface area (Å²) in [5.41, 5.74) is -1.52. The molecule has 1 aromatic rings. The van der Waals surface area contributed by atoms with Crippen LogP contribution >= 0.6 is 0 Å². The van der Waals surface area contributed by atoms with Gasteiger partial charge in [0.05, 0.1) is 18.1 Å². The number of furan rings is 1. The Morgan fingerprint density at radius 2 is 1.47 bits per heavy atom.